The summed E-state index contributed by atoms with van der Waals surface area (Å²) in [5.74, 6) is -0.0749. The molecule has 0 spiro atoms. The van der Waals surface area contributed by atoms with Crippen molar-refractivity contribution in [2.45, 2.75) is 24.8 Å². The number of rotatable bonds is 4. The van der Waals surface area contributed by atoms with E-state index < -0.39 is 0 Å². The first-order valence-electron chi connectivity index (χ1n) is 7.33. The zero-order valence-corrected chi connectivity index (χ0v) is 12.5. The molecular formula is C16H25N3O. The monoisotopic (exact) mass is 275 g/mol. The number of hydrogen-bond acceptors (Lipinski definition) is 3. The Morgan fingerprint density at radius 3 is 2.50 bits per heavy atom. The number of nitrogens with zero attached hydrogens (tertiary/aromatic N) is 2. The molecule has 0 aliphatic carbocycles. The number of benzene rings is 1. The predicted molar refractivity (Wildman–Crippen MR) is 81.5 cm³/mol. The number of likely N-dealkylation sites (tertiary alicyclic amines) is 1. The van der Waals surface area contributed by atoms with Crippen molar-refractivity contribution in [1.29, 1.82) is 0 Å². The number of likely N-dealkylation sites (N-methyl/N-ethyl adjacent to an activating group) is 1. The van der Waals surface area contributed by atoms with Crippen LogP contribution < -0.4 is 5.73 Å². The minimum Gasteiger partial charge on any atom is -0.342 e. The molecule has 0 saturated carbocycles. The van der Waals surface area contributed by atoms with Crippen LogP contribution in [0.25, 0.3) is 0 Å². The molecule has 1 aromatic carbocycles. The molecule has 1 aliphatic rings. The van der Waals surface area contributed by atoms with Gasteiger partial charge in [0.1, 0.15) is 0 Å². The van der Waals surface area contributed by atoms with E-state index in [0.717, 1.165) is 31.5 Å². The SMILES string of the molecule is CN1CCC(N(C)C(=O)C(CN)c2ccccc2)CC1. The molecule has 0 bridgehead atoms. The lowest BCUT2D eigenvalue weighted by Gasteiger charge is -2.36. The molecule has 20 heavy (non-hydrogen) atoms. The molecule has 1 aromatic rings. The normalized spacial score (nSPS) is 18.8. The minimum absolute atomic E-state index is 0.147. The maximum absolute atomic E-state index is 12.7. The van der Waals surface area contributed by atoms with Gasteiger partial charge in [0.25, 0.3) is 0 Å². The van der Waals surface area contributed by atoms with Crippen LogP contribution in [0.1, 0.15) is 24.3 Å². The Hall–Kier alpha value is -1.39. The average molecular weight is 275 g/mol. The molecule has 1 fully saturated rings. The molecule has 4 heteroatoms. The number of nitrogens with two attached hydrogens (primary N) is 1. The van der Waals surface area contributed by atoms with Crippen LogP contribution in [0.3, 0.4) is 0 Å². The Morgan fingerprint density at radius 1 is 1.35 bits per heavy atom. The van der Waals surface area contributed by atoms with Crippen LogP contribution in [0, 0.1) is 0 Å². The van der Waals surface area contributed by atoms with E-state index in [9.17, 15) is 4.79 Å². The first kappa shape index (κ1) is 15.0. The molecule has 1 atom stereocenters. The van der Waals surface area contributed by atoms with Gasteiger partial charge in [-0.25, -0.2) is 0 Å². The average Bonchev–Trinajstić information content (AvgIpc) is 2.49. The van der Waals surface area contributed by atoms with Gasteiger partial charge >= 0.3 is 0 Å². The van der Waals surface area contributed by atoms with E-state index in [1.165, 1.54) is 0 Å². The number of hydrogen-bond donors (Lipinski definition) is 1. The number of carbonyl (C=O) groups is 1. The molecule has 0 aromatic heterocycles. The fraction of sp³-hybridized carbons (Fsp3) is 0.562. The summed E-state index contributed by atoms with van der Waals surface area (Å²) in [5.41, 5.74) is 6.85. The van der Waals surface area contributed by atoms with Gasteiger partial charge in [-0.15, -0.1) is 0 Å². The lowest BCUT2D eigenvalue weighted by molar-refractivity contribution is -0.134. The molecule has 1 aliphatic heterocycles. The van der Waals surface area contributed by atoms with E-state index >= 15 is 0 Å². The first-order chi connectivity index (χ1) is 9.63. The first-order valence-corrected chi connectivity index (χ1v) is 7.33. The molecular weight excluding hydrogens is 250 g/mol. The molecule has 2 N–H and O–H groups in total. The third kappa shape index (κ3) is 3.38. The number of carbonyl (C=O) groups excluding carboxylic acids is 1. The Bertz CT molecular complexity index is 427. The van der Waals surface area contributed by atoms with Gasteiger partial charge in [-0.1, -0.05) is 30.3 Å². The summed E-state index contributed by atoms with van der Waals surface area (Å²) in [7, 11) is 4.05. The molecule has 2 rings (SSSR count). The largest absolute Gasteiger partial charge is 0.342 e. The van der Waals surface area contributed by atoms with E-state index in [0.29, 0.717) is 12.6 Å². The second-order valence-corrected chi connectivity index (χ2v) is 5.68. The van der Waals surface area contributed by atoms with Gasteiger partial charge < -0.3 is 15.5 Å². The topological polar surface area (TPSA) is 49.6 Å². The number of amides is 1. The molecule has 1 heterocycles. The van der Waals surface area contributed by atoms with Crippen molar-refractivity contribution in [1.82, 2.24) is 9.80 Å². The lowest BCUT2D eigenvalue weighted by Crippen LogP contribution is -2.46. The standard InChI is InChI=1S/C16H25N3O/c1-18-10-8-14(9-11-18)19(2)16(20)15(12-17)13-6-4-3-5-7-13/h3-7,14-15H,8-12,17H2,1-2H3. The molecule has 1 unspecified atom stereocenters. The summed E-state index contributed by atoms with van der Waals surface area (Å²) in [6.07, 6.45) is 2.09. The van der Waals surface area contributed by atoms with E-state index in [2.05, 4.69) is 11.9 Å². The summed E-state index contributed by atoms with van der Waals surface area (Å²) < 4.78 is 0. The Morgan fingerprint density at radius 2 is 1.95 bits per heavy atom. The zero-order chi connectivity index (χ0) is 14.5. The van der Waals surface area contributed by atoms with Crippen LogP contribution in [0.5, 0.6) is 0 Å². The summed E-state index contributed by atoms with van der Waals surface area (Å²) >= 11 is 0. The second-order valence-electron chi connectivity index (χ2n) is 5.68. The molecule has 1 saturated heterocycles. The van der Waals surface area contributed by atoms with Crippen molar-refractivity contribution < 1.29 is 4.79 Å². The third-order valence-corrected chi connectivity index (χ3v) is 4.32. The van der Waals surface area contributed by atoms with Crippen molar-refractivity contribution in [2.75, 3.05) is 33.7 Å². The quantitative estimate of drug-likeness (QED) is 0.900. The Kier molecular flexibility index (Phi) is 5.15. The fourth-order valence-corrected chi connectivity index (χ4v) is 2.87. The van der Waals surface area contributed by atoms with Crippen molar-refractivity contribution in [2.24, 2.45) is 5.73 Å². The van der Waals surface area contributed by atoms with Gasteiger partial charge in [0, 0.05) is 19.6 Å². The van der Waals surface area contributed by atoms with Crippen molar-refractivity contribution >= 4 is 5.91 Å². The summed E-state index contributed by atoms with van der Waals surface area (Å²) in [6, 6.07) is 10.2. The van der Waals surface area contributed by atoms with Crippen molar-refractivity contribution in [3.63, 3.8) is 0 Å². The summed E-state index contributed by atoms with van der Waals surface area (Å²) in [5, 5.41) is 0. The maximum Gasteiger partial charge on any atom is 0.231 e. The number of piperidine rings is 1. The van der Waals surface area contributed by atoms with Crippen LogP contribution in [-0.2, 0) is 4.79 Å². The molecule has 1 amide bonds. The molecule has 0 radical (unpaired) electrons. The van der Waals surface area contributed by atoms with Gasteiger partial charge in [-0.2, -0.15) is 0 Å². The Labute approximate surface area is 121 Å². The fourth-order valence-electron chi connectivity index (χ4n) is 2.87. The van der Waals surface area contributed by atoms with Crippen LogP contribution in [-0.4, -0.2) is 55.5 Å². The van der Waals surface area contributed by atoms with Gasteiger partial charge in [0.05, 0.1) is 5.92 Å². The van der Waals surface area contributed by atoms with Crippen LogP contribution in [0.4, 0.5) is 0 Å². The zero-order valence-electron chi connectivity index (χ0n) is 12.5. The van der Waals surface area contributed by atoms with E-state index in [4.69, 9.17) is 5.73 Å². The second kappa shape index (κ2) is 6.86. The molecule has 4 nitrogen and oxygen atoms in total. The third-order valence-electron chi connectivity index (χ3n) is 4.32. The summed E-state index contributed by atoms with van der Waals surface area (Å²) in [6.45, 7) is 2.47. The Balaban J connectivity index is 2.05. The van der Waals surface area contributed by atoms with Gasteiger partial charge in [-0.3, -0.25) is 4.79 Å². The van der Waals surface area contributed by atoms with Crippen LogP contribution in [0.2, 0.25) is 0 Å². The predicted octanol–water partition coefficient (Wildman–Crippen LogP) is 1.28. The van der Waals surface area contributed by atoms with Gasteiger partial charge in [0.2, 0.25) is 5.91 Å². The highest BCUT2D eigenvalue weighted by atomic mass is 16.2. The lowest BCUT2D eigenvalue weighted by atomic mass is 9.95. The smallest absolute Gasteiger partial charge is 0.231 e. The van der Waals surface area contributed by atoms with Crippen LogP contribution >= 0.6 is 0 Å². The van der Waals surface area contributed by atoms with E-state index in [-0.39, 0.29) is 11.8 Å². The highest BCUT2D eigenvalue weighted by Gasteiger charge is 2.28. The highest BCUT2D eigenvalue weighted by molar-refractivity contribution is 5.84. The van der Waals surface area contributed by atoms with Crippen LogP contribution in [0.15, 0.2) is 30.3 Å². The summed E-state index contributed by atoms with van der Waals surface area (Å²) in [4.78, 5) is 16.9. The van der Waals surface area contributed by atoms with Gasteiger partial charge in [-0.05, 0) is 38.5 Å². The molecule has 110 valence electrons. The minimum atomic E-state index is -0.221. The van der Waals surface area contributed by atoms with E-state index in [1.807, 2.05) is 42.3 Å². The van der Waals surface area contributed by atoms with Gasteiger partial charge in [0.15, 0.2) is 0 Å². The maximum atomic E-state index is 12.7. The highest BCUT2D eigenvalue weighted by Crippen LogP contribution is 2.21. The van der Waals surface area contributed by atoms with Crippen molar-refractivity contribution in [3.8, 4) is 0 Å². The van der Waals surface area contributed by atoms with Crippen molar-refractivity contribution in [3.05, 3.63) is 35.9 Å². The van der Waals surface area contributed by atoms with E-state index in [1.54, 1.807) is 0 Å².